The molecule has 2 aliphatic rings. The zero-order valence-electron chi connectivity index (χ0n) is 30.5. The Morgan fingerprint density at radius 1 is 0.897 bits per heavy atom. The van der Waals surface area contributed by atoms with E-state index in [0.717, 1.165) is 0 Å². The van der Waals surface area contributed by atoms with E-state index in [1.807, 2.05) is 4.90 Å². The van der Waals surface area contributed by atoms with Crippen LogP contribution in [0, 0.1) is 0 Å². The summed E-state index contributed by atoms with van der Waals surface area (Å²) < 4.78 is 5.88. The van der Waals surface area contributed by atoms with Gasteiger partial charge in [-0.15, -0.1) is 0 Å². The van der Waals surface area contributed by atoms with Crippen LogP contribution in [0.15, 0.2) is 94.3 Å². The van der Waals surface area contributed by atoms with Gasteiger partial charge in [0.05, 0.1) is 24.0 Å². The maximum Gasteiger partial charge on any atom is 0.336 e. The molecule has 0 saturated carbocycles. The summed E-state index contributed by atoms with van der Waals surface area (Å²) in [6.45, 7) is 0.307. The van der Waals surface area contributed by atoms with Gasteiger partial charge in [-0.05, 0) is 72.6 Å². The first-order valence-corrected chi connectivity index (χ1v) is 17.5. The first kappa shape index (κ1) is 38.1. The van der Waals surface area contributed by atoms with E-state index in [0.29, 0.717) is 40.0 Å². The van der Waals surface area contributed by atoms with Gasteiger partial charge in [0.25, 0.3) is 5.91 Å². The van der Waals surface area contributed by atoms with Gasteiger partial charge in [-0.25, -0.2) is 14.8 Å². The van der Waals surface area contributed by atoms with Crippen LogP contribution in [0.25, 0.3) is 44.6 Å². The fourth-order valence-corrected chi connectivity index (χ4v) is 6.43. The van der Waals surface area contributed by atoms with Crippen molar-refractivity contribution in [2.75, 3.05) is 28.7 Å². The monoisotopic (exact) mass is 783 g/mol. The molecule has 18 heteroatoms. The van der Waals surface area contributed by atoms with Crippen molar-refractivity contribution < 1.29 is 38.9 Å². The standard InChI is InChI=1S/C40H33N9O9/c1-49(18-21-17-43-36-34(44-21)35(41)47-40(42)48-36)22-5-2-19(3-6-22)37(54)46-29(12-13-32(52)53)38(55)45-20-4-9-25(28(14-20)39(56)57)33-26-10-7-23(50)15-30(26)58-31-16-24(51)8-11-27(31)33/h2-11,14-17,29,50H,12-13,18H2,1H3,(H,45,55)(H,46,54)(H,52,53)(H,56,57)(H4,41,42,43,47,48). The number of aromatic nitrogens is 4. The number of aliphatic carboxylic acids is 1. The van der Waals surface area contributed by atoms with E-state index < -0.39 is 36.2 Å². The summed E-state index contributed by atoms with van der Waals surface area (Å²) >= 11 is 0. The second-order valence-corrected chi connectivity index (χ2v) is 13.2. The fourth-order valence-electron chi connectivity index (χ4n) is 6.43. The summed E-state index contributed by atoms with van der Waals surface area (Å²) in [6.07, 6.45) is 0.809. The number of carboxylic acid groups (broad SMARTS) is 2. The number of carboxylic acids is 2. The number of phenolic OH excluding ortho intramolecular Hbond substituents is 1. The molecule has 0 spiro atoms. The lowest BCUT2D eigenvalue weighted by Gasteiger charge is -2.21. The number of hydrogen-bond donors (Lipinski definition) is 7. The van der Waals surface area contributed by atoms with E-state index in [2.05, 4.69) is 30.6 Å². The molecule has 0 radical (unpaired) electrons. The molecule has 2 amide bonds. The fraction of sp³-hybridized carbons (Fsp3) is 0.125. The Hall–Kier alpha value is -8.15. The number of phenols is 1. The number of nitrogens with two attached hydrogens (primary N) is 2. The van der Waals surface area contributed by atoms with Gasteiger partial charge < -0.3 is 46.7 Å². The molecule has 1 aliphatic heterocycles. The third-order valence-corrected chi connectivity index (χ3v) is 9.20. The molecule has 0 bridgehead atoms. The van der Waals surface area contributed by atoms with Crippen LogP contribution in [0.1, 0.15) is 39.3 Å². The van der Waals surface area contributed by atoms with Gasteiger partial charge >= 0.3 is 11.9 Å². The van der Waals surface area contributed by atoms with Crippen LogP contribution in [0.5, 0.6) is 5.75 Å². The van der Waals surface area contributed by atoms with Crippen molar-refractivity contribution in [2.24, 2.45) is 0 Å². The van der Waals surface area contributed by atoms with Crippen molar-refractivity contribution in [3.63, 3.8) is 0 Å². The molecular weight excluding hydrogens is 750 g/mol. The lowest BCUT2D eigenvalue weighted by atomic mass is 9.90. The van der Waals surface area contributed by atoms with E-state index in [4.69, 9.17) is 15.9 Å². The molecule has 3 heterocycles. The zero-order chi connectivity index (χ0) is 41.2. The summed E-state index contributed by atoms with van der Waals surface area (Å²) in [4.78, 5) is 81.9. The Morgan fingerprint density at radius 3 is 2.40 bits per heavy atom. The lowest BCUT2D eigenvalue weighted by molar-refractivity contribution is -0.137. The van der Waals surface area contributed by atoms with Gasteiger partial charge in [0.1, 0.15) is 23.1 Å². The molecule has 3 aromatic carbocycles. The van der Waals surface area contributed by atoms with Crippen LogP contribution in [0.4, 0.5) is 23.1 Å². The van der Waals surface area contributed by atoms with E-state index in [-0.39, 0.29) is 68.7 Å². The van der Waals surface area contributed by atoms with Crippen molar-refractivity contribution in [3.05, 3.63) is 112 Å². The van der Waals surface area contributed by atoms with E-state index in [1.54, 1.807) is 25.2 Å². The molecule has 7 rings (SSSR count). The second kappa shape index (κ2) is 15.5. The third-order valence-electron chi connectivity index (χ3n) is 9.20. The van der Waals surface area contributed by atoms with Crippen molar-refractivity contribution in [1.82, 2.24) is 25.3 Å². The molecule has 1 atom stereocenters. The van der Waals surface area contributed by atoms with E-state index >= 15 is 0 Å². The number of hydrogen-bond acceptors (Lipinski definition) is 14. The molecule has 58 heavy (non-hydrogen) atoms. The molecule has 5 aromatic rings. The quantitative estimate of drug-likeness (QED) is 0.0858. The number of fused-ring (bicyclic) bond motifs is 3. The van der Waals surface area contributed by atoms with E-state index in [1.165, 1.54) is 66.9 Å². The minimum Gasteiger partial charge on any atom is -0.508 e. The number of carbonyl (C=O) groups excluding carboxylic acids is 2. The molecular formula is C40H33N9O9. The van der Waals surface area contributed by atoms with Crippen molar-refractivity contribution in [3.8, 4) is 28.2 Å². The predicted molar refractivity (Wildman–Crippen MR) is 212 cm³/mol. The largest absolute Gasteiger partial charge is 0.508 e. The van der Waals surface area contributed by atoms with Crippen LogP contribution in [0.2, 0.25) is 0 Å². The number of nitrogens with zero attached hydrogens (tertiary/aromatic N) is 5. The topological polar surface area (TPSA) is 290 Å². The normalized spacial score (nSPS) is 11.7. The van der Waals surface area contributed by atoms with Crippen molar-refractivity contribution >= 4 is 69.0 Å². The van der Waals surface area contributed by atoms with Crippen LogP contribution in [0.3, 0.4) is 0 Å². The first-order chi connectivity index (χ1) is 27.7. The summed E-state index contributed by atoms with van der Waals surface area (Å²) in [5.74, 6) is -3.84. The molecule has 9 N–H and O–H groups in total. The Labute approximate surface area is 327 Å². The number of aromatic hydroxyl groups is 1. The highest BCUT2D eigenvalue weighted by Gasteiger charge is 2.26. The summed E-state index contributed by atoms with van der Waals surface area (Å²) in [7, 11) is 1.80. The number of benzene rings is 4. The summed E-state index contributed by atoms with van der Waals surface area (Å²) in [6, 6.07) is 17.7. The van der Waals surface area contributed by atoms with Gasteiger partial charge in [0.15, 0.2) is 22.4 Å². The number of anilines is 4. The van der Waals surface area contributed by atoms with Gasteiger partial charge in [0.2, 0.25) is 11.9 Å². The highest BCUT2D eigenvalue weighted by molar-refractivity contribution is 6.09. The highest BCUT2D eigenvalue weighted by Crippen LogP contribution is 2.42. The molecule has 1 unspecified atom stereocenters. The average molecular weight is 784 g/mol. The molecule has 0 saturated heterocycles. The average Bonchev–Trinajstić information content (AvgIpc) is 3.18. The molecule has 1 aliphatic carbocycles. The first-order valence-electron chi connectivity index (χ1n) is 17.5. The van der Waals surface area contributed by atoms with E-state index in [9.17, 15) is 39.3 Å². The van der Waals surface area contributed by atoms with Crippen LogP contribution >= 0.6 is 0 Å². The van der Waals surface area contributed by atoms with Crippen molar-refractivity contribution in [2.45, 2.75) is 25.4 Å². The van der Waals surface area contributed by atoms with Crippen LogP contribution < -0.4 is 32.4 Å². The van der Waals surface area contributed by atoms with Crippen LogP contribution in [-0.2, 0) is 16.1 Å². The SMILES string of the molecule is CN(Cc1cnc2nc(N)nc(N)c2n1)c1ccc(C(=O)NC(CCC(=O)O)C(=O)Nc2ccc(-c3c4ccc(=O)cc-4oc4cc(O)ccc34)c(C(=O)O)c2)cc1. The van der Waals surface area contributed by atoms with Gasteiger partial charge in [-0.1, -0.05) is 6.07 Å². The maximum absolute atomic E-state index is 13.6. The summed E-state index contributed by atoms with van der Waals surface area (Å²) in [5.41, 5.74) is 14.3. The Kier molecular flexibility index (Phi) is 10.2. The number of nitrogens with one attached hydrogen (secondary N) is 2. The minimum absolute atomic E-state index is 0.0163. The number of rotatable bonds is 12. The Morgan fingerprint density at radius 2 is 1.66 bits per heavy atom. The van der Waals surface area contributed by atoms with Crippen molar-refractivity contribution in [1.29, 1.82) is 0 Å². The number of nitrogen functional groups attached to an aromatic ring is 2. The maximum atomic E-state index is 13.6. The molecule has 0 fully saturated rings. The third kappa shape index (κ3) is 7.96. The van der Waals surface area contributed by atoms with Crippen LogP contribution in [-0.4, -0.2) is 72.1 Å². The van der Waals surface area contributed by atoms with Gasteiger partial charge in [-0.2, -0.15) is 9.97 Å². The smallest absolute Gasteiger partial charge is 0.336 e. The Balaban J connectivity index is 1.10. The Bertz CT molecular complexity index is 2810. The molecule has 18 nitrogen and oxygen atoms in total. The molecule has 292 valence electrons. The summed E-state index contributed by atoms with van der Waals surface area (Å²) in [5, 5.41) is 35.5. The number of carbonyl (C=O) groups is 4. The second-order valence-electron chi connectivity index (χ2n) is 13.2. The lowest BCUT2D eigenvalue weighted by Crippen LogP contribution is -2.44. The highest BCUT2D eigenvalue weighted by atomic mass is 16.4. The van der Waals surface area contributed by atoms with Gasteiger partial charge in [0, 0.05) is 59.1 Å². The number of amides is 2. The predicted octanol–water partition coefficient (Wildman–Crippen LogP) is 4.10. The minimum atomic E-state index is -1.34. The zero-order valence-corrected chi connectivity index (χ0v) is 30.5. The van der Waals surface area contributed by atoms with Gasteiger partial charge in [-0.3, -0.25) is 19.2 Å². The molecule has 2 aromatic heterocycles. The number of aromatic carboxylic acids is 1.